The van der Waals surface area contributed by atoms with Crippen molar-refractivity contribution in [3.8, 4) is 0 Å². The summed E-state index contributed by atoms with van der Waals surface area (Å²) in [5, 5.41) is 3.51. The van der Waals surface area contributed by atoms with E-state index in [1.807, 2.05) is 19.1 Å². The standard InChI is InChI=1S/C18H31N3O2.HI/c1-3-22-13-6-10-19-18(21-12-4-7-16(2)15-21)20-11-9-17-8-5-14-23-17;/h5,8,14,16H,3-4,6-7,9-13,15H2,1-2H3,(H,19,20);1H. The third-order valence-corrected chi connectivity index (χ3v) is 4.10. The molecule has 0 bridgehead atoms. The summed E-state index contributed by atoms with van der Waals surface area (Å²) in [6.07, 6.45) is 6.15. The van der Waals surface area contributed by atoms with Crippen LogP contribution in [0.2, 0.25) is 0 Å². The second-order valence-corrected chi connectivity index (χ2v) is 6.21. The molecule has 0 radical (unpaired) electrons. The third-order valence-electron chi connectivity index (χ3n) is 4.10. The van der Waals surface area contributed by atoms with Crippen LogP contribution in [0.5, 0.6) is 0 Å². The van der Waals surface area contributed by atoms with Gasteiger partial charge >= 0.3 is 0 Å². The Hall–Kier alpha value is -0.760. The Bertz CT molecular complexity index is 451. The minimum absolute atomic E-state index is 0. The molecule has 5 nitrogen and oxygen atoms in total. The highest BCUT2D eigenvalue weighted by molar-refractivity contribution is 14.0. The number of piperidine rings is 1. The number of halogens is 1. The maximum Gasteiger partial charge on any atom is 0.193 e. The van der Waals surface area contributed by atoms with E-state index in [4.69, 9.17) is 14.1 Å². The number of aliphatic imine (C=N–C) groups is 1. The number of rotatable bonds is 8. The van der Waals surface area contributed by atoms with Crippen LogP contribution < -0.4 is 5.32 Å². The van der Waals surface area contributed by atoms with Gasteiger partial charge in [0.25, 0.3) is 0 Å². The van der Waals surface area contributed by atoms with E-state index in [0.29, 0.717) is 0 Å². The summed E-state index contributed by atoms with van der Waals surface area (Å²) in [5.41, 5.74) is 0. The second kappa shape index (κ2) is 12.6. The fourth-order valence-electron chi connectivity index (χ4n) is 2.90. The van der Waals surface area contributed by atoms with Crippen molar-refractivity contribution in [3.63, 3.8) is 0 Å². The second-order valence-electron chi connectivity index (χ2n) is 6.21. The molecule has 138 valence electrons. The van der Waals surface area contributed by atoms with Gasteiger partial charge in [-0.15, -0.1) is 24.0 Å². The first-order valence-electron chi connectivity index (χ1n) is 8.93. The Balaban J connectivity index is 0.00000288. The molecule has 0 spiro atoms. The van der Waals surface area contributed by atoms with E-state index in [9.17, 15) is 0 Å². The number of furan rings is 1. The normalized spacial score (nSPS) is 18.3. The monoisotopic (exact) mass is 449 g/mol. The molecule has 1 fully saturated rings. The van der Waals surface area contributed by atoms with Gasteiger partial charge in [0.1, 0.15) is 5.76 Å². The summed E-state index contributed by atoms with van der Waals surface area (Å²) in [6.45, 7) is 9.77. The lowest BCUT2D eigenvalue weighted by molar-refractivity contribution is 0.146. The third kappa shape index (κ3) is 7.88. The number of guanidine groups is 1. The number of nitrogens with one attached hydrogen (secondary N) is 1. The lowest BCUT2D eigenvalue weighted by atomic mass is 10.0. The fraction of sp³-hybridized carbons (Fsp3) is 0.722. The molecular formula is C18H32IN3O2. The van der Waals surface area contributed by atoms with E-state index < -0.39 is 0 Å². The molecule has 24 heavy (non-hydrogen) atoms. The van der Waals surface area contributed by atoms with Gasteiger partial charge in [-0.2, -0.15) is 0 Å². The zero-order chi connectivity index (χ0) is 16.3. The summed E-state index contributed by atoms with van der Waals surface area (Å²) in [4.78, 5) is 7.19. The maximum atomic E-state index is 5.39. The molecule has 2 heterocycles. The van der Waals surface area contributed by atoms with E-state index >= 15 is 0 Å². The van der Waals surface area contributed by atoms with Gasteiger partial charge in [0.05, 0.1) is 6.26 Å². The van der Waals surface area contributed by atoms with E-state index in [1.165, 1.54) is 12.8 Å². The van der Waals surface area contributed by atoms with E-state index in [0.717, 1.165) is 69.9 Å². The molecule has 0 aromatic carbocycles. The summed E-state index contributed by atoms with van der Waals surface area (Å²) in [6, 6.07) is 3.95. The Morgan fingerprint density at radius 3 is 3.08 bits per heavy atom. The minimum Gasteiger partial charge on any atom is -0.469 e. The SMILES string of the molecule is CCOCCCN=C(NCCc1ccco1)N1CCCC(C)C1.I. The van der Waals surface area contributed by atoms with Gasteiger partial charge in [-0.05, 0) is 44.2 Å². The highest BCUT2D eigenvalue weighted by Gasteiger charge is 2.19. The molecule has 0 amide bonds. The van der Waals surface area contributed by atoms with Crippen LogP contribution >= 0.6 is 24.0 Å². The van der Waals surface area contributed by atoms with Crippen LogP contribution in [0.4, 0.5) is 0 Å². The topological polar surface area (TPSA) is 50.0 Å². The summed E-state index contributed by atoms with van der Waals surface area (Å²) >= 11 is 0. The van der Waals surface area contributed by atoms with Crippen LogP contribution in [0.3, 0.4) is 0 Å². The number of hydrogen-bond donors (Lipinski definition) is 1. The summed E-state index contributed by atoms with van der Waals surface area (Å²) in [7, 11) is 0. The minimum atomic E-state index is 0. The molecule has 1 unspecified atom stereocenters. The van der Waals surface area contributed by atoms with Gasteiger partial charge in [0.2, 0.25) is 0 Å². The lowest BCUT2D eigenvalue weighted by Crippen LogP contribution is -2.46. The van der Waals surface area contributed by atoms with Gasteiger partial charge in [-0.25, -0.2) is 0 Å². The van der Waals surface area contributed by atoms with Crippen molar-refractivity contribution in [1.29, 1.82) is 0 Å². The van der Waals surface area contributed by atoms with Crippen LogP contribution in [-0.2, 0) is 11.2 Å². The van der Waals surface area contributed by atoms with Gasteiger partial charge in [-0.3, -0.25) is 4.99 Å². The largest absolute Gasteiger partial charge is 0.469 e. The van der Waals surface area contributed by atoms with Gasteiger partial charge < -0.3 is 19.4 Å². The first kappa shape index (κ1) is 21.3. The van der Waals surface area contributed by atoms with Crippen molar-refractivity contribution in [2.24, 2.45) is 10.9 Å². The van der Waals surface area contributed by atoms with Crippen molar-refractivity contribution in [1.82, 2.24) is 10.2 Å². The lowest BCUT2D eigenvalue weighted by Gasteiger charge is -2.33. The molecule has 6 heteroatoms. The van der Waals surface area contributed by atoms with Crippen LogP contribution in [0, 0.1) is 5.92 Å². The average molecular weight is 449 g/mol. The molecule has 0 aliphatic carbocycles. The highest BCUT2D eigenvalue weighted by atomic mass is 127. The molecule has 1 aromatic heterocycles. The maximum absolute atomic E-state index is 5.39. The van der Waals surface area contributed by atoms with Crippen molar-refractivity contribution < 1.29 is 9.15 Å². The highest BCUT2D eigenvalue weighted by Crippen LogP contribution is 2.15. The van der Waals surface area contributed by atoms with Crippen molar-refractivity contribution >= 4 is 29.9 Å². The molecule has 1 N–H and O–H groups in total. The molecule has 1 aromatic rings. The van der Waals surface area contributed by atoms with E-state index in [2.05, 4.69) is 17.1 Å². The molecule has 2 rings (SSSR count). The number of hydrogen-bond acceptors (Lipinski definition) is 3. The number of ether oxygens (including phenoxy) is 1. The molecule has 1 aliphatic heterocycles. The van der Waals surface area contributed by atoms with Crippen LogP contribution in [0.15, 0.2) is 27.8 Å². The predicted octanol–water partition coefficient (Wildman–Crippen LogP) is 3.54. The number of nitrogens with zero attached hydrogens (tertiary/aromatic N) is 2. The van der Waals surface area contributed by atoms with Crippen molar-refractivity contribution in [2.45, 2.75) is 39.5 Å². The Kier molecular flexibility index (Phi) is 11.2. The van der Waals surface area contributed by atoms with Gasteiger partial charge in [-0.1, -0.05) is 6.92 Å². The molecular weight excluding hydrogens is 417 g/mol. The van der Waals surface area contributed by atoms with Crippen molar-refractivity contribution in [3.05, 3.63) is 24.2 Å². The molecule has 1 aliphatic rings. The average Bonchev–Trinajstić information content (AvgIpc) is 3.06. The first-order chi connectivity index (χ1) is 11.3. The molecule has 0 saturated carbocycles. The Morgan fingerprint density at radius 1 is 1.50 bits per heavy atom. The molecule has 1 saturated heterocycles. The molecule has 1 atom stereocenters. The summed E-state index contributed by atoms with van der Waals surface area (Å²) < 4.78 is 10.8. The zero-order valence-electron chi connectivity index (χ0n) is 15.0. The van der Waals surface area contributed by atoms with Crippen LogP contribution in [-0.4, -0.2) is 50.3 Å². The zero-order valence-corrected chi connectivity index (χ0v) is 17.3. The quantitative estimate of drug-likeness (QED) is 0.286. The van der Waals surface area contributed by atoms with Gasteiger partial charge in [0, 0.05) is 45.8 Å². The number of likely N-dealkylation sites (tertiary alicyclic amines) is 1. The smallest absolute Gasteiger partial charge is 0.193 e. The summed E-state index contributed by atoms with van der Waals surface area (Å²) in [5.74, 6) is 2.80. The first-order valence-corrected chi connectivity index (χ1v) is 8.93. The van der Waals surface area contributed by atoms with E-state index in [1.54, 1.807) is 6.26 Å². The van der Waals surface area contributed by atoms with Crippen molar-refractivity contribution in [2.75, 3.05) is 39.4 Å². The van der Waals surface area contributed by atoms with Crippen LogP contribution in [0.25, 0.3) is 0 Å². The Morgan fingerprint density at radius 2 is 2.38 bits per heavy atom. The van der Waals surface area contributed by atoms with E-state index in [-0.39, 0.29) is 24.0 Å². The Labute approximate surface area is 163 Å². The van der Waals surface area contributed by atoms with Gasteiger partial charge in [0.15, 0.2) is 5.96 Å². The fourth-order valence-corrected chi connectivity index (χ4v) is 2.90. The predicted molar refractivity (Wildman–Crippen MR) is 109 cm³/mol. The van der Waals surface area contributed by atoms with Crippen LogP contribution in [0.1, 0.15) is 38.9 Å².